The molecule has 0 saturated heterocycles. The number of aliphatic imine (C=N–C) groups is 1. The van der Waals surface area contributed by atoms with Crippen molar-refractivity contribution in [1.29, 1.82) is 0 Å². The van der Waals surface area contributed by atoms with Gasteiger partial charge in [-0.2, -0.15) is 0 Å². The minimum atomic E-state index is 0.399. The molecule has 0 aromatic carbocycles. The highest BCUT2D eigenvalue weighted by atomic mass is 32.2. The molecule has 0 saturated carbocycles. The summed E-state index contributed by atoms with van der Waals surface area (Å²) in [5, 5.41) is 3.26. The summed E-state index contributed by atoms with van der Waals surface area (Å²) in [5.74, 6) is 0. The summed E-state index contributed by atoms with van der Waals surface area (Å²) in [6, 6.07) is 0.399. The summed E-state index contributed by atoms with van der Waals surface area (Å²) < 4.78 is 0. The smallest absolute Gasteiger partial charge is 0.0693 e. The minimum absolute atomic E-state index is 0.399. The second-order valence-corrected chi connectivity index (χ2v) is 2.93. The SMILES string of the molecule is CC1=N[C@@H](C)C=CS1. The molecule has 0 bridgehead atoms. The van der Waals surface area contributed by atoms with E-state index in [1.165, 1.54) is 5.04 Å². The largest absolute Gasteiger partial charge is 0.276 e. The van der Waals surface area contributed by atoms with Gasteiger partial charge < -0.3 is 0 Å². The zero-order chi connectivity index (χ0) is 5.98. The molecule has 0 aromatic heterocycles. The molecule has 0 fully saturated rings. The zero-order valence-corrected chi connectivity index (χ0v) is 5.90. The predicted molar refractivity (Wildman–Crippen MR) is 39.3 cm³/mol. The minimum Gasteiger partial charge on any atom is -0.276 e. The third-order valence-electron chi connectivity index (χ3n) is 0.981. The molecule has 0 radical (unpaired) electrons. The molecule has 8 heavy (non-hydrogen) atoms. The standard InChI is InChI=1S/C6H9NS/c1-5-3-4-8-6(2)7-5/h3-5H,1-2H3/t5-/m0/s1. The van der Waals surface area contributed by atoms with Crippen molar-refractivity contribution in [2.24, 2.45) is 4.99 Å². The van der Waals surface area contributed by atoms with Crippen molar-refractivity contribution in [3.8, 4) is 0 Å². The first-order valence-electron chi connectivity index (χ1n) is 2.67. The Morgan fingerprint density at radius 3 is 2.88 bits per heavy atom. The first-order valence-corrected chi connectivity index (χ1v) is 3.55. The predicted octanol–water partition coefficient (Wildman–Crippen LogP) is 2.05. The molecule has 1 atom stereocenters. The molecule has 0 amide bonds. The van der Waals surface area contributed by atoms with Crippen molar-refractivity contribution in [2.75, 3.05) is 0 Å². The highest BCUT2D eigenvalue weighted by Gasteiger charge is 1.98. The molecule has 0 aromatic rings. The molecule has 2 heteroatoms. The molecule has 0 spiro atoms. The summed E-state index contributed by atoms with van der Waals surface area (Å²) >= 11 is 1.69. The van der Waals surface area contributed by atoms with Crippen LogP contribution in [0.25, 0.3) is 0 Å². The molecule has 0 aliphatic carbocycles. The van der Waals surface area contributed by atoms with E-state index in [0.29, 0.717) is 6.04 Å². The summed E-state index contributed by atoms with van der Waals surface area (Å²) in [7, 11) is 0. The lowest BCUT2D eigenvalue weighted by Crippen LogP contribution is -1.98. The van der Waals surface area contributed by atoms with E-state index in [-0.39, 0.29) is 0 Å². The summed E-state index contributed by atoms with van der Waals surface area (Å²) in [4.78, 5) is 4.28. The number of thioether (sulfide) groups is 1. The molecule has 1 nitrogen and oxygen atoms in total. The van der Waals surface area contributed by atoms with Crippen LogP contribution in [0, 0.1) is 0 Å². The van der Waals surface area contributed by atoms with Crippen LogP contribution in [-0.2, 0) is 0 Å². The lowest BCUT2D eigenvalue weighted by Gasteiger charge is -2.05. The van der Waals surface area contributed by atoms with Crippen LogP contribution in [0.15, 0.2) is 16.5 Å². The number of rotatable bonds is 0. The van der Waals surface area contributed by atoms with Crippen LogP contribution in [0.5, 0.6) is 0 Å². The van der Waals surface area contributed by atoms with Gasteiger partial charge in [-0.3, -0.25) is 4.99 Å². The van der Waals surface area contributed by atoms with E-state index in [1.807, 2.05) is 6.92 Å². The van der Waals surface area contributed by atoms with E-state index in [2.05, 4.69) is 23.4 Å². The maximum atomic E-state index is 4.28. The third kappa shape index (κ3) is 1.37. The van der Waals surface area contributed by atoms with Crippen molar-refractivity contribution in [2.45, 2.75) is 19.9 Å². The average molecular weight is 127 g/mol. The maximum absolute atomic E-state index is 4.28. The van der Waals surface area contributed by atoms with Crippen LogP contribution in [0.1, 0.15) is 13.8 Å². The molecular weight excluding hydrogens is 118 g/mol. The second kappa shape index (κ2) is 2.35. The molecule has 44 valence electrons. The molecule has 0 unspecified atom stereocenters. The first-order chi connectivity index (χ1) is 3.79. The molecule has 1 heterocycles. The fourth-order valence-corrected chi connectivity index (χ4v) is 1.34. The second-order valence-electron chi connectivity index (χ2n) is 1.84. The van der Waals surface area contributed by atoms with Gasteiger partial charge in [0.25, 0.3) is 0 Å². The van der Waals surface area contributed by atoms with Gasteiger partial charge in [0.2, 0.25) is 0 Å². The first kappa shape index (κ1) is 5.89. The van der Waals surface area contributed by atoms with Crippen molar-refractivity contribution in [3.63, 3.8) is 0 Å². The van der Waals surface area contributed by atoms with E-state index in [9.17, 15) is 0 Å². The summed E-state index contributed by atoms with van der Waals surface area (Å²) in [5.41, 5.74) is 0. The Bertz CT molecular complexity index is 137. The van der Waals surface area contributed by atoms with Gasteiger partial charge in [0, 0.05) is 0 Å². The number of hydrogen-bond acceptors (Lipinski definition) is 2. The molecule has 1 rings (SSSR count). The fraction of sp³-hybridized carbons (Fsp3) is 0.500. The monoisotopic (exact) mass is 127 g/mol. The summed E-state index contributed by atoms with van der Waals surface area (Å²) in [6.45, 7) is 4.12. The van der Waals surface area contributed by atoms with Crippen molar-refractivity contribution >= 4 is 16.8 Å². The Morgan fingerprint density at radius 1 is 1.75 bits per heavy atom. The third-order valence-corrected chi connectivity index (χ3v) is 1.72. The van der Waals surface area contributed by atoms with E-state index in [0.717, 1.165) is 0 Å². The quantitative estimate of drug-likeness (QED) is 0.485. The van der Waals surface area contributed by atoms with E-state index in [4.69, 9.17) is 0 Å². The van der Waals surface area contributed by atoms with Crippen molar-refractivity contribution in [3.05, 3.63) is 11.5 Å². The normalized spacial score (nSPS) is 27.8. The van der Waals surface area contributed by atoms with Crippen LogP contribution in [-0.4, -0.2) is 11.1 Å². The number of nitrogens with zero attached hydrogens (tertiary/aromatic N) is 1. The lowest BCUT2D eigenvalue weighted by atomic mass is 10.3. The van der Waals surface area contributed by atoms with Gasteiger partial charge in [-0.15, -0.1) is 0 Å². The van der Waals surface area contributed by atoms with Gasteiger partial charge in [-0.1, -0.05) is 17.8 Å². The molecule has 1 aliphatic rings. The Hall–Kier alpha value is -0.240. The Kier molecular flexibility index (Phi) is 1.73. The Balaban J connectivity index is 2.60. The van der Waals surface area contributed by atoms with Crippen LogP contribution >= 0.6 is 11.8 Å². The van der Waals surface area contributed by atoms with Gasteiger partial charge in [0.1, 0.15) is 0 Å². The van der Waals surface area contributed by atoms with Crippen molar-refractivity contribution in [1.82, 2.24) is 0 Å². The van der Waals surface area contributed by atoms with E-state index >= 15 is 0 Å². The van der Waals surface area contributed by atoms with Crippen LogP contribution < -0.4 is 0 Å². The lowest BCUT2D eigenvalue weighted by molar-refractivity contribution is 0.929. The van der Waals surface area contributed by atoms with Crippen LogP contribution in [0.2, 0.25) is 0 Å². The highest BCUT2D eigenvalue weighted by molar-refractivity contribution is 8.16. The fourth-order valence-electron chi connectivity index (χ4n) is 0.612. The number of hydrogen-bond donors (Lipinski definition) is 0. The van der Waals surface area contributed by atoms with Gasteiger partial charge in [0.15, 0.2) is 0 Å². The van der Waals surface area contributed by atoms with Gasteiger partial charge in [-0.25, -0.2) is 0 Å². The maximum Gasteiger partial charge on any atom is 0.0693 e. The van der Waals surface area contributed by atoms with Crippen molar-refractivity contribution < 1.29 is 0 Å². The summed E-state index contributed by atoms with van der Waals surface area (Å²) in [6.07, 6.45) is 2.09. The van der Waals surface area contributed by atoms with Gasteiger partial charge in [-0.05, 0) is 19.3 Å². The Morgan fingerprint density at radius 2 is 2.50 bits per heavy atom. The van der Waals surface area contributed by atoms with Crippen LogP contribution in [0.4, 0.5) is 0 Å². The van der Waals surface area contributed by atoms with Gasteiger partial charge >= 0.3 is 0 Å². The zero-order valence-electron chi connectivity index (χ0n) is 5.09. The average Bonchev–Trinajstić information content (AvgIpc) is 1.64. The Labute approximate surface area is 53.9 Å². The highest BCUT2D eigenvalue weighted by Crippen LogP contribution is 2.13. The molecule has 1 aliphatic heterocycles. The van der Waals surface area contributed by atoms with Gasteiger partial charge in [0.05, 0.1) is 11.1 Å². The molecular formula is C6H9NS. The van der Waals surface area contributed by atoms with E-state index in [1.54, 1.807) is 11.8 Å². The topological polar surface area (TPSA) is 12.4 Å². The molecule has 0 N–H and O–H groups in total. The van der Waals surface area contributed by atoms with Crippen LogP contribution in [0.3, 0.4) is 0 Å². The van der Waals surface area contributed by atoms with E-state index < -0.39 is 0 Å².